The first-order valence-electron chi connectivity index (χ1n) is 13.9. The van der Waals surface area contributed by atoms with Crippen LogP contribution in [0.4, 0.5) is 4.39 Å². The van der Waals surface area contributed by atoms with Crippen LogP contribution in [-0.2, 0) is 9.53 Å². The highest BCUT2D eigenvalue weighted by Gasteiger charge is 2.35. The minimum atomic E-state index is -1.06. The Morgan fingerprint density at radius 2 is 1.41 bits per heavy atom. The third-order valence-corrected chi connectivity index (χ3v) is 8.41. The quantitative estimate of drug-likeness (QED) is 0.214. The van der Waals surface area contributed by atoms with Crippen molar-refractivity contribution in [3.63, 3.8) is 0 Å². The predicted molar refractivity (Wildman–Crippen MR) is 130 cm³/mol. The molecule has 0 bridgehead atoms. The SMILES string of the molecule is CCCCCC1CCC(C#CC2CCC(OC(=O)C3CCC(CCC)CC3)C(F)C2)CC1. The summed E-state index contributed by atoms with van der Waals surface area (Å²) in [6.07, 6.45) is 17.4. The van der Waals surface area contributed by atoms with Crippen LogP contribution in [0, 0.1) is 41.4 Å². The van der Waals surface area contributed by atoms with E-state index in [9.17, 15) is 9.18 Å². The van der Waals surface area contributed by atoms with Crippen LogP contribution in [0.5, 0.6) is 0 Å². The second-order valence-electron chi connectivity index (χ2n) is 11.0. The van der Waals surface area contributed by atoms with Gasteiger partial charge in [0.1, 0.15) is 12.3 Å². The highest BCUT2D eigenvalue weighted by Crippen LogP contribution is 2.35. The molecule has 2 nitrogen and oxygen atoms in total. The van der Waals surface area contributed by atoms with Crippen LogP contribution in [0.2, 0.25) is 0 Å². The van der Waals surface area contributed by atoms with Gasteiger partial charge in [-0.1, -0.05) is 64.2 Å². The predicted octanol–water partition coefficient (Wildman–Crippen LogP) is 8.03. The molecule has 0 N–H and O–H groups in total. The molecule has 3 unspecified atom stereocenters. The second-order valence-corrected chi connectivity index (χ2v) is 11.0. The molecule has 3 fully saturated rings. The number of rotatable bonds is 8. The Labute approximate surface area is 196 Å². The maximum Gasteiger partial charge on any atom is 0.309 e. The van der Waals surface area contributed by atoms with Crippen molar-refractivity contribution in [2.24, 2.45) is 29.6 Å². The number of hydrogen-bond acceptors (Lipinski definition) is 2. The molecule has 0 amide bonds. The van der Waals surface area contributed by atoms with E-state index in [0.29, 0.717) is 18.8 Å². The van der Waals surface area contributed by atoms with Gasteiger partial charge in [-0.3, -0.25) is 4.79 Å². The van der Waals surface area contributed by atoms with E-state index in [0.717, 1.165) is 43.9 Å². The van der Waals surface area contributed by atoms with Crippen molar-refractivity contribution in [3.8, 4) is 11.8 Å². The maximum atomic E-state index is 14.8. The van der Waals surface area contributed by atoms with E-state index in [-0.39, 0.29) is 17.8 Å². The first kappa shape index (κ1) is 25.6. The summed E-state index contributed by atoms with van der Waals surface area (Å²) in [7, 11) is 0. The lowest BCUT2D eigenvalue weighted by atomic mass is 9.79. The summed E-state index contributed by atoms with van der Waals surface area (Å²) in [6, 6.07) is 0. The number of esters is 1. The lowest BCUT2D eigenvalue weighted by molar-refractivity contribution is -0.161. The van der Waals surface area contributed by atoms with E-state index >= 15 is 0 Å². The van der Waals surface area contributed by atoms with Crippen molar-refractivity contribution in [3.05, 3.63) is 0 Å². The zero-order valence-corrected chi connectivity index (χ0v) is 20.8. The summed E-state index contributed by atoms with van der Waals surface area (Å²) < 4.78 is 20.5. The first-order valence-corrected chi connectivity index (χ1v) is 13.9. The summed E-state index contributed by atoms with van der Waals surface area (Å²) in [6.45, 7) is 4.49. The Hall–Kier alpha value is -1.04. The highest BCUT2D eigenvalue weighted by molar-refractivity contribution is 5.72. The fraction of sp³-hybridized carbons (Fsp3) is 0.897. The number of alkyl halides is 1. The molecule has 0 aromatic carbocycles. The van der Waals surface area contributed by atoms with Crippen molar-refractivity contribution in [1.29, 1.82) is 0 Å². The number of hydrogen-bond donors (Lipinski definition) is 0. The molecule has 0 aromatic rings. The molecule has 3 saturated carbocycles. The number of carbonyl (C=O) groups excluding carboxylic acids is 1. The molecule has 0 heterocycles. The van der Waals surface area contributed by atoms with Crippen molar-refractivity contribution >= 4 is 5.97 Å². The molecule has 0 saturated heterocycles. The first-order chi connectivity index (χ1) is 15.6. The summed E-state index contributed by atoms with van der Waals surface area (Å²) >= 11 is 0. The van der Waals surface area contributed by atoms with Crippen molar-refractivity contribution < 1.29 is 13.9 Å². The van der Waals surface area contributed by atoms with E-state index in [1.807, 2.05) is 0 Å². The zero-order valence-electron chi connectivity index (χ0n) is 20.8. The molecule has 3 aliphatic rings. The van der Waals surface area contributed by atoms with Crippen LogP contribution in [0.1, 0.15) is 123 Å². The van der Waals surface area contributed by atoms with E-state index in [1.54, 1.807) is 0 Å². The molecule has 182 valence electrons. The zero-order chi connectivity index (χ0) is 22.8. The third kappa shape index (κ3) is 8.07. The molecule has 32 heavy (non-hydrogen) atoms. The summed E-state index contributed by atoms with van der Waals surface area (Å²) in [5.41, 5.74) is 0. The van der Waals surface area contributed by atoms with Crippen molar-refractivity contribution in [2.45, 2.75) is 135 Å². The Balaban J connectivity index is 1.35. The molecule has 3 rings (SSSR count). The van der Waals surface area contributed by atoms with Gasteiger partial charge in [-0.2, -0.15) is 0 Å². The monoisotopic (exact) mass is 446 g/mol. The third-order valence-electron chi connectivity index (χ3n) is 8.41. The van der Waals surface area contributed by atoms with Gasteiger partial charge in [0.05, 0.1) is 5.92 Å². The van der Waals surface area contributed by atoms with Gasteiger partial charge in [0.2, 0.25) is 0 Å². The van der Waals surface area contributed by atoms with Crippen LogP contribution < -0.4 is 0 Å². The van der Waals surface area contributed by atoms with Gasteiger partial charge in [-0.25, -0.2) is 4.39 Å². The van der Waals surface area contributed by atoms with Crippen LogP contribution in [0.3, 0.4) is 0 Å². The molecular formula is C29H47FO2. The Morgan fingerprint density at radius 3 is 2.06 bits per heavy atom. The number of unbranched alkanes of at least 4 members (excludes halogenated alkanes) is 2. The van der Waals surface area contributed by atoms with Crippen LogP contribution >= 0.6 is 0 Å². The standard InChI is InChI=1S/C29H47FO2/c1-3-5-6-8-23-9-11-24(12-10-23)13-14-25-17-20-28(27(30)21-25)32-29(31)26-18-15-22(7-4-2)16-19-26/h22-28H,3-12,15-21H2,1-2H3. The summed E-state index contributed by atoms with van der Waals surface area (Å²) in [5.74, 6) is 9.07. The number of ether oxygens (including phenoxy) is 1. The Morgan fingerprint density at radius 1 is 0.781 bits per heavy atom. The molecule has 3 atom stereocenters. The van der Waals surface area contributed by atoms with E-state index in [2.05, 4.69) is 25.7 Å². The molecule has 0 radical (unpaired) electrons. The number of halogens is 1. The Bertz CT molecular complexity index is 604. The molecule has 0 aliphatic heterocycles. The van der Waals surface area contributed by atoms with Gasteiger partial charge in [0, 0.05) is 11.8 Å². The smallest absolute Gasteiger partial charge is 0.309 e. The van der Waals surface area contributed by atoms with Crippen molar-refractivity contribution in [1.82, 2.24) is 0 Å². The van der Waals surface area contributed by atoms with Gasteiger partial charge >= 0.3 is 5.97 Å². The second kappa shape index (κ2) is 13.6. The van der Waals surface area contributed by atoms with Crippen LogP contribution in [0.15, 0.2) is 0 Å². The maximum absolute atomic E-state index is 14.8. The molecule has 3 aliphatic carbocycles. The van der Waals surface area contributed by atoms with Gasteiger partial charge in [-0.05, 0) is 82.5 Å². The van der Waals surface area contributed by atoms with Gasteiger partial charge < -0.3 is 4.74 Å². The van der Waals surface area contributed by atoms with E-state index in [1.165, 1.54) is 64.2 Å². The minimum absolute atomic E-state index is 0.00933. The topological polar surface area (TPSA) is 26.3 Å². The fourth-order valence-electron chi connectivity index (χ4n) is 6.21. The van der Waals surface area contributed by atoms with E-state index < -0.39 is 12.3 Å². The lowest BCUT2D eigenvalue weighted by Crippen LogP contribution is -2.36. The average molecular weight is 447 g/mol. The van der Waals surface area contributed by atoms with E-state index in [4.69, 9.17) is 4.74 Å². The Kier molecular flexibility index (Phi) is 10.9. The summed E-state index contributed by atoms with van der Waals surface area (Å²) in [4.78, 5) is 12.6. The lowest BCUT2D eigenvalue weighted by Gasteiger charge is -2.32. The minimum Gasteiger partial charge on any atom is -0.459 e. The fourth-order valence-corrected chi connectivity index (χ4v) is 6.21. The number of carbonyl (C=O) groups is 1. The van der Waals surface area contributed by atoms with Gasteiger partial charge in [0.25, 0.3) is 0 Å². The van der Waals surface area contributed by atoms with Crippen LogP contribution in [-0.4, -0.2) is 18.2 Å². The molecular weight excluding hydrogens is 399 g/mol. The van der Waals surface area contributed by atoms with Gasteiger partial charge in [-0.15, -0.1) is 0 Å². The van der Waals surface area contributed by atoms with Crippen LogP contribution in [0.25, 0.3) is 0 Å². The average Bonchev–Trinajstić information content (AvgIpc) is 2.81. The normalized spacial score (nSPS) is 35.5. The van der Waals surface area contributed by atoms with Crippen molar-refractivity contribution in [2.75, 3.05) is 0 Å². The summed E-state index contributed by atoms with van der Waals surface area (Å²) in [5, 5.41) is 0. The largest absolute Gasteiger partial charge is 0.459 e. The highest BCUT2D eigenvalue weighted by atomic mass is 19.1. The molecule has 0 spiro atoms. The van der Waals surface area contributed by atoms with Gasteiger partial charge in [0.15, 0.2) is 0 Å². The molecule has 0 aromatic heterocycles. The molecule has 3 heteroatoms.